The second-order valence-corrected chi connectivity index (χ2v) is 4.72. The van der Waals surface area contributed by atoms with Gasteiger partial charge in [-0.25, -0.2) is 0 Å². The molecule has 0 radical (unpaired) electrons. The third-order valence-electron chi connectivity index (χ3n) is 3.61. The fourth-order valence-electron chi connectivity index (χ4n) is 2.45. The van der Waals surface area contributed by atoms with Gasteiger partial charge in [0.2, 0.25) is 0 Å². The molecule has 0 aromatic heterocycles. The first kappa shape index (κ1) is 12.4. The highest BCUT2D eigenvalue weighted by molar-refractivity contribution is 5.57. The van der Waals surface area contributed by atoms with Crippen LogP contribution in [0.25, 0.3) is 0 Å². The molecular formula is C14H22N2O. The molecule has 1 aromatic rings. The molecule has 1 aromatic carbocycles. The minimum Gasteiger partial charge on any atom is -0.377 e. The van der Waals surface area contributed by atoms with Crippen LogP contribution in [0.5, 0.6) is 0 Å². The predicted molar refractivity (Wildman–Crippen MR) is 71.5 cm³/mol. The molecule has 0 bridgehead atoms. The molecule has 1 atom stereocenters. The van der Waals surface area contributed by atoms with Crippen LogP contribution in [-0.2, 0) is 4.74 Å². The number of rotatable bonds is 3. The van der Waals surface area contributed by atoms with Crippen molar-refractivity contribution in [3.8, 4) is 0 Å². The molecule has 2 rings (SSSR count). The lowest BCUT2D eigenvalue weighted by Crippen LogP contribution is -2.46. The Kier molecular flexibility index (Phi) is 4.02. The molecule has 1 unspecified atom stereocenters. The van der Waals surface area contributed by atoms with Crippen LogP contribution in [0.15, 0.2) is 18.2 Å². The lowest BCUT2D eigenvalue weighted by atomic mass is 10.0. The molecule has 0 spiro atoms. The van der Waals surface area contributed by atoms with Crippen LogP contribution in [0.2, 0.25) is 0 Å². The smallest absolute Gasteiger partial charge is 0.0671 e. The number of nitrogens with two attached hydrogens (primary N) is 1. The van der Waals surface area contributed by atoms with Gasteiger partial charge in [-0.2, -0.15) is 0 Å². The Bertz CT molecular complexity index is 376. The van der Waals surface area contributed by atoms with Gasteiger partial charge in [-0.05, 0) is 44.0 Å². The second-order valence-electron chi connectivity index (χ2n) is 4.72. The number of benzene rings is 1. The number of ether oxygens (including phenoxy) is 1. The van der Waals surface area contributed by atoms with Crippen molar-refractivity contribution in [2.75, 3.05) is 31.2 Å². The van der Waals surface area contributed by atoms with Crippen molar-refractivity contribution < 1.29 is 4.74 Å². The first-order chi connectivity index (χ1) is 8.24. The first-order valence-corrected chi connectivity index (χ1v) is 6.34. The normalized spacial score (nSPS) is 20.6. The van der Waals surface area contributed by atoms with Gasteiger partial charge >= 0.3 is 0 Å². The summed E-state index contributed by atoms with van der Waals surface area (Å²) < 4.78 is 5.56. The number of morpholine rings is 1. The average molecular weight is 234 g/mol. The van der Waals surface area contributed by atoms with E-state index in [4.69, 9.17) is 10.5 Å². The summed E-state index contributed by atoms with van der Waals surface area (Å²) in [6, 6.07) is 6.93. The summed E-state index contributed by atoms with van der Waals surface area (Å²) >= 11 is 0. The van der Waals surface area contributed by atoms with E-state index in [2.05, 4.69) is 36.9 Å². The van der Waals surface area contributed by atoms with E-state index < -0.39 is 0 Å². The predicted octanol–water partition coefficient (Wildman–Crippen LogP) is 1.86. The topological polar surface area (TPSA) is 38.5 Å². The van der Waals surface area contributed by atoms with E-state index in [0.717, 1.165) is 32.7 Å². The Balaban J connectivity index is 2.26. The maximum absolute atomic E-state index is 5.69. The van der Waals surface area contributed by atoms with E-state index in [0.29, 0.717) is 6.04 Å². The number of hydrogen-bond acceptors (Lipinski definition) is 3. The fourth-order valence-corrected chi connectivity index (χ4v) is 2.45. The quantitative estimate of drug-likeness (QED) is 0.867. The molecule has 17 heavy (non-hydrogen) atoms. The number of hydrogen-bond donors (Lipinski definition) is 1. The van der Waals surface area contributed by atoms with Crippen LogP contribution in [0, 0.1) is 13.8 Å². The first-order valence-electron chi connectivity index (χ1n) is 6.34. The molecule has 1 heterocycles. The Morgan fingerprint density at radius 3 is 3.00 bits per heavy atom. The molecule has 0 amide bonds. The highest BCUT2D eigenvalue weighted by atomic mass is 16.5. The van der Waals surface area contributed by atoms with Gasteiger partial charge in [0.1, 0.15) is 0 Å². The molecule has 0 saturated carbocycles. The van der Waals surface area contributed by atoms with E-state index >= 15 is 0 Å². The van der Waals surface area contributed by atoms with Crippen molar-refractivity contribution in [3.63, 3.8) is 0 Å². The van der Waals surface area contributed by atoms with Crippen molar-refractivity contribution in [1.29, 1.82) is 0 Å². The Morgan fingerprint density at radius 1 is 1.41 bits per heavy atom. The van der Waals surface area contributed by atoms with Gasteiger partial charge in [0, 0.05) is 12.2 Å². The third-order valence-corrected chi connectivity index (χ3v) is 3.61. The molecule has 1 saturated heterocycles. The van der Waals surface area contributed by atoms with Crippen molar-refractivity contribution in [2.45, 2.75) is 26.3 Å². The minimum atomic E-state index is 0.425. The van der Waals surface area contributed by atoms with Gasteiger partial charge < -0.3 is 15.4 Å². The largest absolute Gasteiger partial charge is 0.377 e. The van der Waals surface area contributed by atoms with Crippen molar-refractivity contribution in [2.24, 2.45) is 5.73 Å². The number of nitrogens with zero attached hydrogens (tertiary/aromatic N) is 1. The summed E-state index contributed by atoms with van der Waals surface area (Å²) in [6.07, 6.45) is 0.993. The van der Waals surface area contributed by atoms with Crippen LogP contribution in [0.4, 0.5) is 5.69 Å². The summed E-state index contributed by atoms with van der Waals surface area (Å²) in [7, 11) is 0. The molecule has 3 nitrogen and oxygen atoms in total. The van der Waals surface area contributed by atoms with Gasteiger partial charge in [0.25, 0.3) is 0 Å². The maximum Gasteiger partial charge on any atom is 0.0671 e. The van der Waals surface area contributed by atoms with Crippen molar-refractivity contribution in [1.82, 2.24) is 0 Å². The van der Waals surface area contributed by atoms with Gasteiger partial charge in [0.05, 0.1) is 19.3 Å². The van der Waals surface area contributed by atoms with E-state index in [1.807, 2.05) is 0 Å². The zero-order chi connectivity index (χ0) is 12.3. The van der Waals surface area contributed by atoms with Crippen LogP contribution in [0.1, 0.15) is 17.5 Å². The second kappa shape index (κ2) is 5.52. The van der Waals surface area contributed by atoms with E-state index in [1.165, 1.54) is 16.8 Å². The summed E-state index contributed by atoms with van der Waals surface area (Å²) in [4.78, 5) is 2.46. The minimum absolute atomic E-state index is 0.425. The third kappa shape index (κ3) is 2.61. The molecule has 1 fully saturated rings. The number of aryl methyl sites for hydroxylation is 1. The van der Waals surface area contributed by atoms with Crippen molar-refractivity contribution in [3.05, 3.63) is 29.3 Å². The van der Waals surface area contributed by atoms with E-state index in [1.54, 1.807) is 0 Å². The Labute approximate surface area is 104 Å². The average Bonchev–Trinajstić information content (AvgIpc) is 2.34. The van der Waals surface area contributed by atoms with Gasteiger partial charge in [-0.1, -0.05) is 12.1 Å². The van der Waals surface area contributed by atoms with Gasteiger partial charge in [-0.15, -0.1) is 0 Å². The molecule has 1 aliphatic rings. The molecule has 94 valence electrons. The van der Waals surface area contributed by atoms with Crippen molar-refractivity contribution >= 4 is 5.69 Å². The lowest BCUT2D eigenvalue weighted by Gasteiger charge is -2.38. The van der Waals surface area contributed by atoms with E-state index in [-0.39, 0.29) is 0 Å². The summed E-state index contributed by atoms with van der Waals surface area (Å²) in [5.74, 6) is 0. The lowest BCUT2D eigenvalue weighted by molar-refractivity contribution is 0.0922. The zero-order valence-corrected chi connectivity index (χ0v) is 10.8. The standard InChI is InChI=1S/C14H22N2O/c1-11-4-3-5-14(12(11)2)16-8-9-17-10-13(16)6-7-15/h3-5,13H,6-10,15H2,1-2H3. The van der Waals surface area contributed by atoms with Crippen LogP contribution >= 0.6 is 0 Å². The van der Waals surface area contributed by atoms with Crippen LogP contribution < -0.4 is 10.6 Å². The molecular weight excluding hydrogens is 212 g/mol. The maximum atomic E-state index is 5.69. The molecule has 2 N–H and O–H groups in total. The highest BCUT2D eigenvalue weighted by Crippen LogP contribution is 2.26. The van der Waals surface area contributed by atoms with E-state index in [9.17, 15) is 0 Å². The number of anilines is 1. The summed E-state index contributed by atoms with van der Waals surface area (Å²) in [5.41, 5.74) is 9.74. The molecule has 3 heteroatoms. The molecule has 0 aliphatic carbocycles. The Hall–Kier alpha value is -1.06. The van der Waals surface area contributed by atoms with Gasteiger partial charge in [0.15, 0.2) is 0 Å². The highest BCUT2D eigenvalue weighted by Gasteiger charge is 2.23. The summed E-state index contributed by atoms with van der Waals surface area (Å²) in [5, 5.41) is 0. The van der Waals surface area contributed by atoms with Gasteiger partial charge in [-0.3, -0.25) is 0 Å². The SMILES string of the molecule is Cc1cccc(N2CCOCC2CCN)c1C. The monoisotopic (exact) mass is 234 g/mol. The fraction of sp³-hybridized carbons (Fsp3) is 0.571. The summed E-state index contributed by atoms with van der Waals surface area (Å²) in [6.45, 7) is 7.65. The van der Waals surface area contributed by atoms with Crippen LogP contribution in [0.3, 0.4) is 0 Å². The molecule has 1 aliphatic heterocycles. The Morgan fingerprint density at radius 2 is 2.24 bits per heavy atom. The van der Waals surface area contributed by atoms with Crippen LogP contribution in [-0.4, -0.2) is 32.3 Å². The zero-order valence-electron chi connectivity index (χ0n) is 10.8.